The van der Waals surface area contributed by atoms with Gasteiger partial charge in [0.25, 0.3) is 0 Å². The lowest BCUT2D eigenvalue weighted by atomic mass is 10.2. The van der Waals surface area contributed by atoms with Crippen LogP contribution in [0.25, 0.3) is 23.0 Å². The number of hydrogen-bond donors (Lipinski definition) is 0. The maximum Gasteiger partial charge on any atom is 0.158 e. The topological polar surface area (TPSA) is 48.5 Å². The van der Waals surface area contributed by atoms with Crippen LogP contribution in [0.3, 0.4) is 0 Å². The number of nitrogens with zero attached hydrogens (tertiary/aromatic N) is 5. The van der Waals surface area contributed by atoms with Gasteiger partial charge in [0.05, 0.1) is 0 Å². The number of pyridine rings is 1. The van der Waals surface area contributed by atoms with Crippen LogP contribution in [0.4, 0.5) is 0 Å². The summed E-state index contributed by atoms with van der Waals surface area (Å²) in [6.07, 6.45) is 7.55. The lowest BCUT2D eigenvalue weighted by Crippen LogP contribution is -2.01. The van der Waals surface area contributed by atoms with Crippen LogP contribution in [0.1, 0.15) is 13.8 Å². The molecule has 0 unspecified atom stereocenters. The van der Waals surface area contributed by atoms with Gasteiger partial charge in [-0.1, -0.05) is 6.07 Å². The molecule has 0 radical (unpaired) electrons. The van der Waals surface area contributed by atoms with E-state index in [1.807, 2.05) is 30.6 Å². The van der Waals surface area contributed by atoms with E-state index in [2.05, 4.69) is 32.9 Å². The standard InChI is InChI=1S/C15H17N5/c1-3-19-10-8-16-14(19)12-6-5-7-13(18-12)15-17-9-11-20(15)4-2/h5-11H,3-4H2,1-2H3. The van der Waals surface area contributed by atoms with Crippen molar-refractivity contribution >= 4 is 0 Å². The van der Waals surface area contributed by atoms with Gasteiger partial charge in [-0.25, -0.2) is 15.0 Å². The van der Waals surface area contributed by atoms with Gasteiger partial charge >= 0.3 is 0 Å². The molecule has 5 heteroatoms. The number of aromatic nitrogens is 5. The fourth-order valence-electron chi connectivity index (χ4n) is 2.28. The Morgan fingerprint density at radius 3 is 1.80 bits per heavy atom. The monoisotopic (exact) mass is 267 g/mol. The van der Waals surface area contributed by atoms with Gasteiger partial charge < -0.3 is 9.13 Å². The van der Waals surface area contributed by atoms with E-state index in [0.29, 0.717) is 0 Å². The van der Waals surface area contributed by atoms with Crippen molar-refractivity contribution in [2.45, 2.75) is 26.9 Å². The molecule has 0 aromatic carbocycles. The predicted molar refractivity (Wildman–Crippen MR) is 78.0 cm³/mol. The summed E-state index contributed by atoms with van der Waals surface area (Å²) >= 11 is 0. The fraction of sp³-hybridized carbons (Fsp3) is 0.267. The highest BCUT2D eigenvalue weighted by Gasteiger charge is 2.10. The molecule has 102 valence electrons. The van der Waals surface area contributed by atoms with E-state index in [0.717, 1.165) is 36.1 Å². The number of rotatable bonds is 4. The van der Waals surface area contributed by atoms with Crippen molar-refractivity contribution < 1.29 is 0 Å². The Hall–Kier alpha value is -2.43. The minimum Gasteiger partial charge on any atom is -0.330 e. The zero-order valence-corrected chi connectivity index (χ0v) is 11.7. The molecule has 0 N–H and O–H groups in total. The van der Waals surface area contributed by atoms with E-state index in [-0.39, 0.29) is 0 Å². The molecule has 0 atom stereocenters. The van der Waals surface area contributed by atoms with E-state index in [4.69, 9.17) is 4.98 Å². The molecule has 0 fully saturated rings. The Balaban J connectivity index is 2.06. The highest BCUT2D eigenvalue weighted by Crippen LogP contribution is 2.20. The van der Waals surface area contributed by atoms with Crippen LogP contribution in [0, 0.1) is 0 Å². The second-order valence-corrected chi connectivity index (χ2v) is 4.48. The van der Waals surface area contributed by atoms with E-state index >= 15 is 0 Å². The predicted octanol–water partition coefficient (Wildman–Crippen LogP) is 2.85. The van der Waals surface area contributed by atoms with Crippen molar-refractivity contribution in [2.24, 2.45) is 0 Å². The molecule has 3 aromatic rings. The van der Waals surface area contributed by atoms with E-state index in [1.54, 1.807) is 12.4 Å². The zero-order chi connectivity index (χ0) is 13.9. The van der Waals surface area contributed by atoms with Crippen LogP contribution in [0.2, 0.25) is 0 Å². The van der Waals surface area contributed by atoms with E-state index in [9.17, 15) is 0 Å². The zero-order valence-electron chi connectivity index (χ0n) is 11.7. The lowest BCUT2D eigenvalue weighted by molar-refractivity contribution is 0.763. The Morgan fingerprint density at radius 1 is 0.850 bits per heavy atom. The van der Waals surface area contributed by atoms with Gasteiger partial charge in [-0.3, -0.25) is 0 Å². The normalized spacial score (nSPS) is 10.9. The SMILES string of the molecule is CCn1ccnc1-c1cccc(-c2nccn2CC)n1. The van der Waals surface area contributed by atoms with E-state index < -0.39 is 0 Å². The molecule has 0 aliphatic heterocycles. The van der Waals surface area contributed by atoms with Crippen molar-refractivity contribution in [2.75, 3.05) is 0 Å². The molecule has 0 spiro atoms. The Morgan fingerprint density at radius 2 is 1.35 bits per heavy atom. The second kappa shape index (κ2) is 5.28. The highest BCUT2D eigenvalue weighted by atomic mass is 15.1. The first-order valence-corrected chi connectivity index (χ1v) is 6.83. The summed E-state index contributed by atoms with van der Waals surface area (Å²) < 4.78 is 4.16. The van der Waals surface area contributed by atoms with Crippen molar-refractivity contribution in [3.05, 3.63) is 43.0 Å². The molecule has 0 aliphatic carbocycles. The first-order chi connectivity index (χ1) is 9.83. The summed E-state index contributed by atoms with van der Waals surface area (Å²) in [6, 6.07) is 5.97. The Labute approximate surface area is 118 Å². The van der Waals surface area contributed by atoms with Crippen LogP contribution in [0.15, 0.2) is 43.0 Å². The summed E-state index contributed by atoms with van der Waals surface area (Å²) in [7, 11) is 0. The van der Waals surface area contributed by atoms with Crippen LogP contribution >= 0.6 is 0 Å². The first-order valence-electron chi connectivity index (χ1n) is 6.83. The fourth-order valence-corrected chi connectivity index (χ4v) is 2.28. The van der Waals surface area contributed by atoms with Gasteiger partial charge in [0.2, 0.25) is 0 Å². The summed E-state index contributed by atoms with van der Waals surface area (Å²) in [5.41, 5.74) is 1.75. The quantitative estimate of drug-likeness (QED) is 0.730. The van der Waals surface area contributed by atoms with Gasteiger partial charge in [0.1, 0.15) is 11.4 Å². The molecular weight excluding hydrogens is 250 g/mol. The summed E-state index contributed by atoms with van der Waals surface area (Å²) in [4.78, 5) is 13.5. The maximum absolute atomic E-state index is 4.71. The molecule has 0 saturated carbocycles. The average Bonchev–Trinajstić information content (AvgIpc) is 3.15. The van der Waals surface area contributed by atoms with Crippen LogP contribution < -0.4 is 0 Å². The summed E-state index contributed by atoms with van der Waals surface area (Å²) in [5, 5.41) is 0. The molecule has 20 heavy (non-hydrogen) atoms. The Kier molecular flexibility index (Phi) is 3.33. The third kappa shape index (κ3) is 2.11. The minimum absolute atomic E-state index is 0.875. The van der Waals surface area contributed by atoms with Crippen molar-refractivity contribution in [1.82, 2.24) is 24.1 Å². The minimum atomic E-state index is 0.875. The molecule has 0 saturated heterocycles. The molecule has 0 aliphatic rings. The molecule has 3 heterocycles. The van der Waals surface area contributed by atoms with Gasteiger partial charge in [-0.15, -0.1) is 0 Å². The molecule has 3 aromatic heterocycles. The lowest BCUT2D eigenvalue weighted by Gasteiger charge is -2.07. The van der Waals surface area contributed by atoms with Gasteiger partial charge in [0.15, 0.2) is 11.6 Å². The van der Waals surface area contributed by atoms with Crippen LogP contribution in [-0.4, -0.2) is 24.1 Å². The average molecular weight is 267 g/mol. The van der Waals surface area contributed by atoms with Crippen molar-refractivity contribution in [3.63, 3.8) is 0 Å². The van der Waals surface area contributed by atoms with Crippen molar-refractivity contribution in [1.29, 1.82) is 0 Å². The highest BCUT2D eigenvalue weighted by molar-refractivity contribution is 5.58. The van der Waals surface area contributed by atoms with Gasteiger partial charge in [-0.2, -0.15) is 0 Å². The summed E-state index contributed by atoms with van der Waals surface area (Å²) in [5.74, 6) is 1.79. The van der Waals surface area contributed by atoms with Crippen LogP contribution in [-0.2, 0) is 13.1 Å². The largest absolute Gasteiger partial charge is 0.330 e. The molecule has 0 amide bonds. The molecule has 5 nitrogen and oxygen atoms in total. The molecule has 0 bridgehead atoms. The smallest absolute Gasteiger partial charge is 0.158 e. The third-order valence-electron chi connectivity index (χ3n) is 3.32. The van der Waals surface area contributed by atoms with E-state index in [1.165, 1.54) is 0 Å². The number of imidazole rings is 2. The number of hydrogen-bond acceptors (Lipinski definition) is 3. The molecular formula is C15H17N5. The maximum atomic E-state index is 4.71. The third-order valence-corrected chi connectivity index (χ3v) is 3.32. The Bertz CT molecular complexity index is 653. The van der Waals surface area contributed by atoms with Gasteiger partial charge in [0, 0.05) is 37.9 Å². The van der Waals surface area contributed by atoms with Crippen LogP contribution in [0.5, 0.6) is 0 Å². The van der Waals surface area contributed by atoms with Crippen molar-refractivity contribution in [3.8, 4) is 23.0 Å². The second-order valence-electron chi connectivity index (χ2n) is 4.48. The van der Waals surface area contributed by atoms with Gasteiger partial charge in [-0.05, 0) is 26.0 Å². The molecule has 3 rings (SSSR count). The summed E-state index contributed by atoms with van der Waals surface area (Å²) in [6.45, 7) is 5.95. The first kappa shape index (κ1) is 12.6. The number of aryl methyl sites for hydroxylation is 2.